The van der Waals surface area contributed by atoms with Crippen LogP contribution in [0.15, 0.2) is 0 Å². The summed E-state index contributed by atoms with van der Waals surface area (Å²) in [5.74, 6) is 0.269. The molecule has 0 bridgehead atoms. The molecule has 0 aromatic rings. The number of amides is 1. The molecule has 2 aliphatic heterocycles. The quantitative estimate of drug-likeness (QED) is 0.683. The molecule has 2 fully saturated rings. The number of nitrogens with one attached hydrogen (secondary N) is 1. The van der Waals surface area contributed by atoms with Gasteiger partial charge in [-0.25, -0.2) is 0 Å². The second-order valence-electron chi connectivity index (χ2n) is 4.46. The fraction of sp³-hybridized carbons (Fsp3) is 0.909. The van der Waals surface area contributed by atoms with Gasteiger partial charge < -0.3 is 15.0 Å². The van der Waals surface area contributed by atoms with Crippen LogP contribution in [-0.4, -0.2) is 49.2 Å². The highest BCUT2D eigenvalue weighted by Crippen LogP contribution is 2.13. The molecular weight excluding hydrogens is 192 g/mol. The molecule has 1 unspecified atom stereocenters. The molecule has 86 valence electrons. The van der Waals surface area contributed by atoms with Crippen molar-refractivity contribution < 1.29 is 9.53 Å². The van der Waals surface area contributed by atoms with Crippen molar-refractivity contribution in [2.75, 3.05) is 26.3 Å². The van der Waals surface area contributed by atoms with E-state index < -0.39 is 0 Å². The lowest BCUT2D eigenvalue weighted by Crippen LogP contribution is -2.55. The summed E-state index contributed by atoms with van der Waals surface area (Å²) in [5, 5.41) is 3.30. The van der Waals surface area contributed by atoms with Gasteiger partial charge in [-0.05, 0) is 26.3 Å². The molecule has 2 rings (SSSR count). The van der Waals surface area contributed by atoms with E-state index in [1.807, 2.05) is 4.90 Å². The molecule has 2 aliphatic rings. The van der Waals surface area contributed by atoms with Crippen LogP contribution in [0.1, 0.15) is 26.2 Å². The number of carbonyl (C=O) groups is 1. The molecule has 0 radical (unpaired) electrons. The van der Waals surface area contributed by atoms with Crippen LogP contribution >= 0.6 is 0 Å². The third-order valence-corrected chi connectivity index (χ3v) is 3.26. The molecule has 0 aromatic heterocycles. The number of piperidine rings is 1. The van der Waals surface area contributed by atoms with Gasteiger partial charge in [-0.3, -0.25) is 4.79 Å². The Morgan fingerprint density at radius 2 is 2.33 bits per heavy atom. The number of ether oxygens (including phenoxy) is 1. The maximum Gasteiger partial charge on any atom is 0.240 e. The van der Waals surface area contributed by atoms with Crippen LogP contribution in [0.4, 0.5) is 0 Å². The Bertz CT molecular complexity index is 227. The zero-order valence-electron chi connectivity index (χ0n) is 9.37. The molecule has 4 heteroatoms. The Morgan fingerprint density at radius 3 is 3.00 bits per heavy atom. The Balaban J connectivity index is 1.92. The van der Waals surface area contributed by atoms with E-state index in [-0.39, 0.29) is 18.0 Å². The lowest BCUT2D eigenvalue weighted by atomic mass is 10.0. The van der Waals surface area contributed by atoms with Gasteiger partial charge in [0, 0.05) is 6.54 Å². The highest BCUT2D eigenvalue weighted by atomic mass is 16.5. The van der Waals surface area contributed by atoms with Gasteiger partial charge in [-0.2, -0.15) is 0 Å². The first-order chi connectivity index (χ1) is 7.29. The van der Waals surface area contributed by atoms with Crippen LogP contribution in [0, 0.1) is 0 Å². The van der Waals surface area contributed by atoms with Crippen molar-refractivity contribution in [2.45, 2.75) is 38.3 Å². The molecule has 2 saturated heterocycles. The summed E-state index contributed by atoms with van der Waals surface area (Å²) in [7, 11) is 0. The van der Waals surface area contributed by atoms with Gasteiger partial charge >= 0.3 is 0 Å². The van der Waals surface area contributed by atoms with E-state index in [1.165, 1.54) is 12.8 Å². The van der Waals surface area contributed by atoms with Crippen molar-refractivity contribution in [1.29, 1.82) is 0 Å². The number of rotatable bonds is 1. The number of morpholine rings is 1. The Kier molecular flexibility index (Phi) is 3.59. The summed E-state index contributed by atoms with van der Waals surface area (Å²) >= 11 is 0. The topological polar surface area (TPSA) is 41.6 Å². The van der Waals surface area contributed by atoms with Gasteiger partial charge in [0.1, 0.15) is 0 Å². The highest BCUT2D eigenvalue weighted by Gasteiger charge is 2.30. The van der Waals surface area contributed by atoms with E-state index in [0.717, 1.165) is 19.5 Å². The number of hydrogen-bond donors (Lipinski definition) is 1. The summed E-state index contributed by atoms with van der Waals surface area (Å²) < 4.78 is 5.34. The first-order valence-corrected chi connectivity index (χ1v) is 5.90. The molecule has 15 heavy (non-hydrogen) atoms. The van der Waals surface area contributed by atoms with Crippen LogP contribution in [0.5, 0.6) is 0 Å². The van der Waals surface area contributed by atoms with Crippen molar-refractivity contribution in [3.05, 3.63) is 0 Å². The standard InChI is InChI=1S/C11H20N2O2/c1-9-8-15-7-6-13(9)11(14)10-4-2-3-5-12-10/h9-10,12H,2-8H2,1H3/t9?,10-/m1/s1. The van der Waals surface area contributed by atoms with Gasteiger partial charge in [-0.1, -0.05) is 6.42 Å². The maximum atomic E-state index is 12.2. The maximum absolute atomic E-state index is 12.2. The molecule has 0 saturated carbocycles. The van der Waals surface area contributed by atoms with Gasteiger partial charge in [0.2, 0.25) is 5.91 Å². The van der Waals surface area contributed by atoms with E-state index in [0.29, 0.717) is 13.2 Å². The van der Waals surface area contributed by atoms with Crippen LogP contribution < -0.4 is 5.32 Å². The minimum absolute atomic E-state index is 0.0549. The van der Waals surface area contributed by atoms with Gasteiger partial charge in [0.05, 0.1) is 25.3 Å². The third kappa shape index (κ3) is 2.49. The van der Waals surface area contributed by atoms with E-state index in [1.54, 1.807) is 0 Å². The third-order valence-electron chi connectivity index (χ3n) is 3.26. The number of hydrogen-bond acceptors (Lipinski definition) is 3. The molecular formula is C11H20N2O2. The van der Waals surface area contributed by atoms with Gasteiger partial charge in [0.25, 0.3) is 0 Å². The van der Waals surface area contributed by atoms with Gasteiger partial charge in [-0.15, -0.1) is 0 Å². The van der Waals surface area contributed by atoms with Crippen molar-refractivity contribution in [3.8, 4) is 0 Å². The van der Waals surface area contributed by atoms with E-state index in [2.05, 4.69) is 12.2 Å². The molecule has 1 amide bonds. The van der Waals surface area contributed by atoms with Crippen LogP contribution in [0.3, 0.4) is 0 Å². The lowest BCUT2D eigenvalue weighted by molar-refractivity contribution is -0.141. The summed E-state index contributed by atoms with van der Waals surface area (Å²) in [4.78, 5) is 14.1. The molecule has 0 aliphatic carbocycles. The van der Waals surface area contributed by atoms with E-state index in [4.69, 9.17) is 4.74 Å². The van der Waals surface area contributed by atoms with Crippen LogP contribution in [0.25, 0.3) is 0 Å². The first kappa shape index (κ1) is 10.9. The second-order valence-corrected chi connectivity index (χ2v) is 4.46. The molecule has 0 spiro atoms. The minimum Gasteiger partial charge on any atom is -0.377 e. The van der Waals surface area contributed by atoms with E-state index in [9.17, 15) is 4.79 Å². The summed E-state index contributed by atoms with van der Waals surface area (Å²) in [6, 6.07) is 0.286. The Labute approximate surface area is 91.0 Å². The van der Waals surface area contributed by atoms with E-state index >= 15 is 0 Å². The lowest BCUT2D eigenvalue weighted by Gasteiger charge is -2.36. The fourth-order valence-corrected chi connectivity index (χ4v) is 2.32. The largest absolute Gasteiger partial charge is 0.377 e. The Morgan fingerprint density at radius 1 is 1.47 bits per heavy atom. The smallest absolute Gasteiger partial charge is 0.240 e. The SMILES string of the molecule is CC1COCCN1C(=O)[C@H]1CCCCN1. The molecule has 2 heterocycles. The first-order valence-electron chi connectivity index (χ1n) is 5.90. The Hall–Kier alpha value is -0.610. The molecule has 2 atom stereocenters. The summed E-state index contributed by atoms with van der Waals surface area (Å²) in [6.45, 7) is 5.15. The van der Waals surface area contributed by atoms with Crippen molar-refractivity contribution in [1.82, 2.24) is 10.2 Å². The average molecular weight is 212 g/mol. The molecule has 0 aromatic carbocycles. The summed E-state index contributed by atoms with van der Waals surface area (Å²) in [5.41, 5.74) is 0. The zero-order valence-corrected chi connectivity index (χ0v) is 9.37. The number of nitrogens with zero attached hydrogens (tertiary/aromatic N) is 1. The van der Waals surface area contributed by atoms with Gasteiger partial charge in [0.15, 0.2) is 0 Å². The predicted molar refractivity (Wildman–Crippen MR) is 57.6 cm³/mol. The summed E-state index contributed by atoms with van der Waals surface area (Å²) in [6.07, 6.45) is 3.35. The minimum atomic E-state index is 0.0549. The fourth-order valence-electron chi connectivity index (χ4n) is 2.32. The number of carbonyl (C=O) groups excluding carboxylic acids is 1. The van der Waals surface area contributed by atoms with Crippen molar-refractivity contribution in [3.63, 3.8) is 0 Å². The predicted octanol–water partition coefficient (Wildman–Crippen LogP) is 0.376. The van der Waals surface area contributed by atoms with Crippen LogP contribution in [0.2, 0.25) is 0 Å². The van der Waals surface area contributed by atoms with Crippen LogP contribution in [-0.2, 0) is 9.53 Å². The van der Waals surface area contributed by atoms with Crippen molar-refractivity contribution in [2.24, 2.45) is 0 Å². The second kappa shape index (κ2) is 4.94. The molecule has 4 nitrogen and oxygen atoms in total. The monoisotopic (exact) mass is 212 g/mol. The zero-order chi connectivity index (χ0) is 10.7. The normalized spacial score (nSPS) is 32.7. The average Bonchev–Trinajstić information content (AvgIpc) is 2.30. The highest BCUT2D eigenvalue weighted by molar-refractivity contribution is 5.82. The van der Waals surface area contributed by atoms with Crippen molar-refractivity contribution >= 4 is 5.91 Å². The molecule has 1 N–H and O–H groups in total.